The second-order valence-corrected chi connectivity index (χ2v) is 9.67. The molecule has 3 rings (SSSR count). The lowest BCUT2D eigenvalue weighted by molar-refractivity contribution is 0.103. The van der Waals surface area contributed by atoms with Gasteiger partial charge in [-0.2, -0.15) is 0 Å². The monoisotopic (exact) mass is 465 g/mol. The number of hydrogen-bond donors (Lipinski definition) is 2. The number of methoxy groups -OCH3 is 1. The molecule has 158 valence electrons. The van der Waals surface area contributed by atoms with Crippen molar-refractivity contribution in [2.45, 2.75) is 25.7 Å². The summed E-state index contributed by atoms with van der Waals surface area (Å²) in [5.41, 5.74) is 2.49. The van der Waals surface area contributed by atoms with Gasteiger partial charge < -0.3 is 10.1 Å². The predicted molar refractivity (Wildman–Crippen MR) is 120 cm³/mol. The SMILES string of the molecule is COc1ccc(NC(=O)c2sc(NS(=O)(=O)c3ccc(C)cc3C)nc2C)cc1Cl. The van der Waals surface area contributed by atoms with Gasteiger partial charge in [-0.25, -0.2) is 13.4 Å². The summed E-state index contributed by atoms with van der Waals surface area (Å²) in [6, 6.07) is 9.94. The number of ether oxygens (including phenoxy) is 1. The Morgan fingerprint density at radius 2 is 1.87 bits per heavy atom. The molecule has 0 saturated carbocycles. The fraction of sp³-hybridized carbons (Fsp3) is 0.200. The lowest BCUT2D eigenvalue weighted by Gasteiger charge is -2.08. The Morgan fingerprint density at radius 1 is 1.13 bits per heavy atom. The normalized spacial score (nSPS) is 11.2. The minimum absolute atomic E-state index is 0.116. The van der Waals surface area contributed by atoms with Crippen molar-refractivity contribution < 1.29 is 17.9 Å². The van der Waals surface area contributed by atoms with Crippen LogP contribution in [0.2, 0.25) is 5.02 Å². The van der Waals surface area contributed by atoms with Gasteiger partial charge in [-0.1, -0.05) is 40.6 Å². The number of nitrogens with zero attached hydrogens (tertiary/aromatic N) is 1. The summed E-state index contributed by atoms with van der Waals surface area (Å²) in [6.07, 6.45) is 0. The van der Waals surface area contributed by atoms with E-state index in [1.165, 1.54) is 7.11 Å². The van der Waals surface area contributed by atoms with Crippen molar-refractivity contribution in [3.8, 4) is 5.75 Å². The molecule has 10 heteroatoms. The van der Waals surface area contributed by atoms with E-state index in [1.807, 2.05) is 6.92 Å². The van der Waals surface area contributed by atoms with E-state index in [9.17, 15) is 13.2 Å². The molecule has 0 spiro atoms. The zero-order valence-electron chi connectivity index (χ0n) is 16.7. The third kappa shape index (κ3) is 4.75. The maximum Gasteiger partial charge on any atom is 0.267 e. The Labute approximate surface area is 184 Å². The number of halogens is 1. The van der Waals surface area contributed by atoms with E-state index in [1.54, 1.807) is 50.2 Å². The van der Waals surface area contributed by atoms with E-state index in [0.29, 0.717) is 32.6 Å². The van der Waals surface area contributed by atoms with Crippen molar-refractivity contribution in [1.82, 2.24) is 4.98 Å². The number of carbonyl (C=O) groups is 1. The van der Waals surface area contributed by atoms with Crippen LogP contribution in [0.15, 0.2) is 41.3 Å². The Hall–Kier alpha value is -2.62. The molecule has 0 bridgehead atoms. The number of hydrogen-bond acceptors (Lipinski definition) is 6. The molecular formula is C20H20ClN3O4S2. The highest BCUT2D eigenvalue weighted by molar-refractivity contribution is 7.93. The van der Waals surface area contributed by atoms with E-state index in [0.717, 1.165) is 16.9 Å². The topological polar surface area (TPSA) is 97.4 Å². The van der Waals surface area contributed by atoms with Gasteiger partial charge in [0.25, 0.3) is 15.9 Å². The van der Waals surface area contributed by atoms with Gasteiger partial charge in [0.05, 0.1) is 22.7 Å². The molecule has 2 N–H and O–H groups in total. The molecule has 1 aromatic heterocycles. The quantitative estimate of drug-likeness (QED) is 0.545. The van der Waals surface area contributed by atoms with Crippen LogP contribution in [0, 0.1) is 20.8 Å². The third-order valence-electron chi connectivity index (χ3n) is 4.25. The van der Waals surface area contributed by atoms with Gasteiger partial charge in [-0.3, -0.25) is 9.52 Å². The molecule has 7 nitrogen and oxygen atoms in total. The highest BCUT2D eigenvalue weighted by atomic mass is 35.5. The lowest BCUT2D eigenvalue weighted by Crippen LogP contribution is -2.14. The second kappa shape index (κ2) is 8.63. The minimum Gasteiger partial charge on any atom is -0.495 e. The minimum atomic E-state index is -3.83. The van der Waals surface area contributed by atoms with Crippen LogP contribution in [0.25, 0.3) is 0 Å². The molecular weight excluding hydrogens is 446 g/mol. The molecule has 3 aromatic rings. The summed E-state index contributed by atoms with van der Waals surface area (Å²) < 4.78 is 33.0. The maximum atomic E-state index is 12.7. The molecule has 0 fully saturated rings. The van der Waals surface area contributed by atoms with Crippen molar-refractivity contribution in [3.05, 3.63) is 63.1 Å². The Morgan fingerprint density at radius 3 is 2.50 bits per heavy atom. The summed E-state index contributed by atoms with van der Waals surface area (Å²) >= 11 is 7.04. The van der Waals surface area contributed by atoms with E-state index < -0.39 is 15.9 Å². The summed E-state index contributed by atoms with van der Waals surface area (Å²) in [5.74, 6) is 0.0786. The summed E-state index contributed by atoms with van der Waals surface area (Å²) in [6.45, 7) is 5.26. The number of aromatic nitrogens is 1. The first-order valence-corrected chi connectivity index (χ1v) is 11.5. The number of thiazole rings is 1. The average Bonchev–Trinajstić information content (AvgIpc) is 3.01. The third-order valence-corrected chi connectivity index (χ3v) is 7.25. The van der Waals surface area contributed by atoms with Gasteiger partial charge in [0.2, 0.25) is 0 Å². The number of benzene rings is 2. The number of sulfonamides is 1. The van der Waals surface area contributed by atoms with E-state index in [-0.39, 0.29) is 10.0 Å². The van der Waals surface area contributed by atoms with Crippen LogP contribution in [0.4, 0.5) is 10.8 Å². The number of carbonyl (C=O) groups excluding carboxylic acids is 1. The maximum absolute atomic E-state index is 12.7. The van der Waals surface area contributed by atoms with Crippen LogP contribution in [0.5, 0.6) is 5.75 Å². The number of aryl methyl sites for hydroxylation is 3. The number of amides is 1. The molecule has 0 aliphatic heterocycles. The molecule has 0 radical (unpaired) electrons. The van der Waals surface area contributed by atoms with Crippen LogP contribution in [0.3, 0.4) is 0 Å². The molecule has 30 heavy (non-hydrogen) atoms. The second-order valence-electron chi connectivity index (χ2n) is 6.61. The Kier molecular flexibility index (Phi) is 6.35. The largest absolute Gasteiger partial charge is 0.495 e. The van der Waals surface area contributed by atoms with Crippen molar-refractivity contribution in [1.29, 1.82) is 0 Å². The van der Waals surface area contributed by atoms with Gasteiger partial charge in [0.15, 0.2) is 5.13 Å². The van der Waals surface area contributed by atoms with Crippen molar-refractivity contribution >= 4 is 49.7 Å². The zero-order valence-corrected chi connectivity index (χ0v) is 19.1. The fourth-order valence-corrected chi connectivity index (χ4v) is 5.44. The molecule has 0 aliphatic rings. The lowest BCUT2D eigenvalue weighted by atomic mass is 10.2. The number of rotatable bonds is 6. The Bertz CT molecular complexity index is 1220. The molecule has 1 heterocycles. The number of nitrogens with one attached hydrogen (secondary N) is 2. The summed E-state index contributed by atoms with van der Waals surface area (Å²) in [5, 5.41) is 3.20. The molecule has 0 aliphatic carbocycles. The predicted octanol–water partition coefficient (Wildman–Crippen LogP) is 4.78. The molecule has 2 aromatic carbocycles. The molecule has 0 atom stereocenters. The van der Waals surface area contributed by atoms with Crippen LogP contribution in [0.1, 0.15) is 26.5 Å². The number of anilines is 2. The van der Waals surface area contributed by atoms with Crippen molar-refractivity contribution in [2.24, 2.45) is 0 Å². The van der Waals surface area contributed by atoms with Crippen LogP contribution in [-0.4, -0.2) is 26.4 Å². The van der Waals surface area contributed by atoms with E-state index >= 15 is 0 Å². The van der Waals surface area contributed by atoms with Gasteiger partial charge in [0.1, 0.15) is 10.6 Å². The fourth-order valence-electron chi connectivity index (χ4n) is 2.85. The molecule has 0 saturated heterocycles. The zero-order chi connectivity index (χ0) is 22.1. The Balaban J connectivity index is 1.81. The standard InChI is InChI=1S/C20H20ClN3O4S2/c1-11-5-8-17(12(2)9-11)30(26,27)24-20-22-13(3)18(29-20)19(25)23-14-6-7-16(28-4)15(21)10-14/h5-10H,1-4H3,(H,22,24)(H,23,25). The van der Waals surface area contributed by atoms with E-state index in [4.69, 9.17) is 16.3 Å². The van der Waals surface area contributed by atoms with Gasteiger partial charge in [0, 0.05) is 5.69 Å². The first kappa shape index (κ1) is 22.1. The molecule has 0 unspecified atom stereocenters. The van der Waals surface area contributed by atoms with Gasteiger partial charge >= 0.3 is 0 Å². The highest BCUT2D eigenvalue weighted by Gasteiger charge is 2.22. The van der Waals surface area contributed by atoms with Crippen molar-refractivity contribution in [2.75, 3.05) is 17.1 Å². The summed E-state index contributed by atoms with van der Waals surface area (Å²) in [7, 11) is -2.33. The molecule has 1 amide bonds. The van der Waals surface area contributed by atoms with Crippen LogP contribution in [-0.2, 0) is 10.0 Å². The van der Waals surface area contributed by atoms with Gasteiger partial charge in [-0.05, 0) is 50.6 Å². The first-order chi connectivity index (χ1) is 14.1. The van der Waals surface area contributed by atoms with E-state index in [2.05, 4.69) is 15.0 Å². The first-order valence-electron chi connectivity index (χ1n) is 8.83. The van der Waals surface area contributed by atoms with Crippen LogP contribution < -0.4 is 14.8 Å². The average molecular weight is 466 g/mol. The van der Waals surface area contributed by atoms with Gasteiger partial charge in [-0.15, -0.1) is 0 Å². The van der Waals surface area contributed by atoms with Crippen molar-refractivity contribution in [3.63, 3.8) is 0 Å². The highest BCUT2D eigenvalue weighted by Crippen LogP contribution is 2.30. The smallest absolute Gasteiger partial charge is 0.267 e. The van der Waals surface area contributed by atoms with Crippen LogP contribution >= 0.6 is 22.9 Å². The summed E-state index contributed by atoms with van der Waals surface area (Å²) in [4.78, 5) is 17.3.